The number of piperazine rings is 1. The Kier molecular flexibility index (Phi) is 4.11. The summed E-state index contributed by atoms with van der Waals surface area (Å²) in [4.78, 5) is 0. The van der Waals surface area contributed by atoms with E-state index in [1.54, 1.807) is 22.3 Å². The van der Waals surface area contributed by atoms with Gasteiger partial charge >= 0.3 is 0 Å². The average molecular weight is 291 g/mol. The molecule has 0 atom stereocenters. The van der Waals surface area contributed by atoms with E-state index in [1.807, 2.05) is 11.9 Å². The second kappa shape index (κ2) is 5.70. The van der Waals surface area contributed by atoms with Gasteiger partial charge in [0.15, 0.2) is 0 Å². The number of rotatable bonds is 3. The molecule has 2 heterocycles. The van der Waals surface area contributed by atoms with E-state index in [9.17, 15) is 0 Å². The summed E-state index contributed by atoms with van der Waals surface area (Å²) in [6.07, 6.45) is 4.56. The first-order valence-electron chi connectivity index (χ1n) is 7.97. The van der Waals surface area contributed by atoms with Crippen LogP contribution in [0.5, 0.6) is 0 Å². The molecule has 0 aliphatic carbocycles. The van der Waals surface area contributed by atoms with Gasteiger partial charge in [0.2, 0.25) is 0 Å². The van der Waals surface area contributed by atoms with E-state index in [0.717, 1.165) is 0 Å². The van der Waals surface area contributed by atoms with Crippen molar-refractivity contribution < 1.29 is 4.48 Å². The maximum absolute atomic E-state index is 2.52. The Morgan fingerprint density at radius 3 is 1.90 bits per heavy atom. The first kappa shape index (κ1) is 14.4. The fourth-order valence-electron chi connectivity index (χ4n) is 3.89. The number of aryl methyl sites for hydroxylation is 2. The van der Waals surface area contributed by atoms with Crippen molar-refractivity contribution in [1.29, 1.82) is 0 Å². The molecule has 2 aliphatic rings. The van der Waals surface area contributed by atoms with E-state index >= 15 is 0 Å². The molecule has 0 bridgehead atoms. The van der Waals surface area contributed by atoms with Gasteiger partial charge in [0.1, 0.15) is 13.1 Å². The SMILES string of the molecule is CCc1cc2c(cc1CC)C[N+]1(CCN(SC)CC1)C2. The zero-order valence-electron chi connectivity index (χ0n) is 13.1. The van der Waals surface area contributed by atoms with Crippen LogP contribution in [-0.4, -0.2) is 41.2 Å². The highest BCUT2D eigenvalue weighted by Crippen LogP contribution is 2.34. The van der Waals surface area contributed by atoms with Crippen molar-refractivity contribution in [3.63, 3.8) is 0 Å². The summed E-state index contributed by atoms with van der Waals surface area (Å²) in [7, 11) is 0. The Bertz CT molecular complexity index is 455. The molecule has 0 unspecified atom stereocenters. The molecule has 0 aromatic heterocycles. The van der Waals surface area contributed by atoms with Gasteiger partial charge < -0.3 is 4.48 Å². The summed E-state index contributed by atoms with van der Waals surface area (Å²) in [6.45, 7) is 12.3. The van der Waals surface area contributed by atoms with Gasteiger partial charge in [-0.2, -0.15) is 0 Å². The molecule has 0 amide bonds. The van der Waals surface area contributed by atoms with E-state index in [0.29, 0.717) is 0 Å². The molecule has 2 aliphatic heterocycles. The standard InChI is InChI=1S/C17H27N2S/c1-4-14-10-16-12-19(8-6-18(20-3)7-9-19)13-17(16)11-15(14)5-2/h10-11H,4-9,12-13H2,1-3H3/q+1. The number of benzene rings is 1. The summed E-state index contributed by atoms with van der Waals surface area (Å²) in [6, 6.07) is 5.03. The second-order valence-electron chi connectivity index (χ2n) is 6.31. The predicted molar refractivity (Wildman–Crippen MR) is 87.7 cm³/mol. The van der Waals surface area contributed by atoms with Crippen molar-refractivity contribution in [2.75, 3.05) is 32.4 Å². The molecule has 3 heteroatoms. The van der Waals surface area contributed by atoms with E-state index in [1.165, 1.54) is 56.6 Å². The van der Waals surface area contributed by atoms with Crippen LogP contribution in [0.2, 0.25) is 0 Å². The normalized spacial score (nSPS) is 21.4. The van der Waals surface area contributed by atoms with Gasteiger partial charge in [-0.3, -0.25) is 0 Å². The van der Waals surface area contributed by atoms with Gasteiger partial charge in [-0.25, -0.2) is 4.31 Å². The molecule has 0 saturated carbocycles. The van der Waals surface area contributed by atoms with Crippen LogP contribution in [0.3, 0.4) is 0 Å². The third-order valence-electron chi connectivity index (χ3n) is 5.20. The highest BCUT2D eigenvalue weighted by molar-refractivity contribution is 7.96. The highest BCUT2D eigenvalue weighted by Gasteiger charge is 2.39. The highest BCUT2D eigenvalue weighted by atomic mass is 32.2. The van der Waals surface area contributed by atoms with Gasteiger partial charge in [-0.1, -0.05) is 25.8 Å². The zero-order valence-corrected chi connectivity index (χ0v) is 13.9. The summed E-state index contributed by atoms with van der Waals surface area (Å²) < 4.78 is 3.82. The molecule has 2 nitrogen and oxygen atoms in total. The third kappa shape index (κ3) is 2.51. The van der Waals surface area contributed by atoms with Crippen molar-refractivity contribution in [2.24, 2.45) is 0 Å². The monoisotopic (exact) mass is 291 g/mol. The summed E-state index contributed by atoms with van der Waals surface area (Å²) >= 11 is 1.91. The second-order valence-corrected chi connectivity index (χ2v) is 7.19. The lowest BCUT2D eigenvalue weighted by atomic mass is 9.97. The quantitative estimate of drug-likeness (QED) is 0.621. The third-order valence-corrected chi connectivity index (χ3v) is 6.08. The van der Waals surface area contributed by atoms with E-state index in [4.69, 9.17) is 0 Å². The lowest BCUT2D eigenvalue weighted by molar-refractivity contribution is -0.950. The van der Waals surface area contributed by atoms with Crippen LogP contribution in [0.15, 0.2) is 12.1 Å². The van der Waals surface area contributed by atoms with Crippen molar-refractivity contribution in [3.8, 4) is 0 Å². The number of nitrogens with zero attached hydrogens (tertiary/aromatic N) is 2. The van der Waals surface area contributed by atoms with Crippen LogP contribution in [0, 0.1) is 0 Å². The molecule has 110 valence electrons. The molecule has 1 saturated heterocycles. The van der Waals surface area contributed by atoms with Gasteiger partial charge in [0, 0.05) is 11.1 Å². The maximum Gasteiger partial charge on any atom is 0.105 e. The smallest absolute Gasteiger partial charge is 0.105 e. The molecule has 0 radical (unpaired) electrons. The zero-order chi connectivity index (χ0) is 14.2. The van der Waals surface area contributed by atoms with Crippen LogP contribution in [0.25, 0.3) is 0 Å². The van der Waals surface area contributed by atoms with Crippen LogP contribution in [0.1, 0.15) is 36.1 Å². The Morgan fingerprint density at radius 2 is 1.50 bits per heavy atom. The number of fused-ring (bicyclic) bond motifs is 1. The molecule has 1 aromatic carbocycles. The number of quaternary nitrogens is 1. The minimum absolute atomic E-state index is 1.18. The largest absolute Gasteiger partial charge is 0.314 e. The molecular weight excluding hydrogens is 264 g/mol. The van der Waals surface area contributed by atoms with Gasteiger partial charge in [-0.15, -0.1) is 0 Å². The van der Waals surface area contributed by atoms with Crippen LogP contribution in [0.4, 0.5) is 0 Å². The molecule has 1 spiro atoms. The van der Waals surface area contributed by atoms with E-state index in [2.05, 4.69) is 36.5 Å². The maximum atomic E-state index is 2.52. The summed E-state index contributed by atoms with van der Waals surface area (Å²) in [5.74, 6) is 0. The summed E-state index contributed by atoms with van der Waals surface area (Å²) in [5, 5.41) is 0. The number of hydrogen-bond acceptors (Lipinski definition) is 2. The van der Waals surface area contributed by atoms with Crippen molar-refractivity contribution in [2.45, 2.75) is 39.8 Å². The Hall–Kier alpha value is -0.510. The van der Waals surface area contributed by atoms with Gasteiger partial charge in [0.05, 0.1) is 26.2 Å². The lowest BCUT2D eigenvalue weighted by Crippen LogP contribution is -2.54. The van der Waals surface area contributed by atoms with Gasteiger partial charge in [0.25, 0.3) is 0 Å². The predicted octanol–water partition coefficient (Wildman–Crippen LogP) is 3.24. The Morgan fingerprint density at radius 1 is 1.00 bits per heavy atom. The Balaban J connectivity index is 1.82. The molecule has 1 aromatic rings. The van der Waals surface area contributed by atoms with Crippen LogP contribution >= 0.6 is 11.9 Å². The first-order valence-corrected chi connectivity index (χ1v) is 9.15. The number of hydrogen-bond donors (Lipinski definition) is 0. The van der Waals surface area contributed by atoms with Gasteiger partial charge in [-0.05, 0) is 42.4 Å². The summed E-state index contributed by atoms with van der Waals surface area (Å²) in [5.41, 5.74) is 6.43. The minimum atomic E-state index is 1.18. The minimum Gasteiger partial charge on any atom is -0.314 e. The van der Waals surface area contributed by atoms with Crippen molar-refractivity contribution in [1.82, 2.24) is 4.31 Å². The van der Waals surface area contributed by atoms with E-state index < -0.39 is 0 Å². The van der Waals surface area contributed by atoms with E-state index in [-0.39, 0.29) is 0 Å². The fraction of sp³-hybridized carbons (Fsp3) is 0.647. The molecule has 0 N–H and O–H groups in total. The van der Waals surface area contributed by atoms with Crippen molar-refractivity contribution >= 4 is 11.9 Å². The first-order chi connectivity index (χ1) is 9.69. The molecule has 1 fully saturated rings. The van der Waals surface area contributed by atoms with Crippen LogP contribution in [-0.2, 0) is 25.9 Å². The average Bonchev–Trinajstić information content (AvgIpc) is 2.83. The topological polar surface area (TPSA) is 3.24 Å². The Labute approximate surface area is 127 Å². The van der Waals surface area contributed by atoms with Crippen molar-refractivity contribution in [3.05, 3.63) is 34.4 Å². The lowest BCUT2D eigenvalue weighted by Gasteiger charge is -2.41. The molecule has 3 rings (SSSR count). The fourth-order valence-corrected chi connectivity index (χ4v) is 4.42. The molecular formula is C17H27N2S+. The molecule has 20 heavy (non-hydrogen) atoms. The van der Waals surface area contributed by atoms with Crippen LogP contribution < -0.4 is 0 Å².